The molecule has 0 fully saturated rings. The largest absolute Gasteiger partial charge is 0.312 e. The quantitative estimate of drug-likeness (QED) is 0.576. The van der Waals surface area contributed by atoms with Gasteiger partial charge >= 0.3 is 4.87 Å². The highest BCUT2D eigenvalue weighted by molar-refractivity contribution is 7.09. The highest BCUT2D eigenvalue weighted by atomic mass is 32.1. The minimum Gasteiger partial charge on any atom is -0.312 e. The van der Waals surface area contributed by atoms with E-state index < -0.39 is 0 Å². The van der Waals surface area contributed by atoms with Crippen LogP contribution in [0.2, 0.25) is 0 Å². The maximum absolute atomic E-state index is 11.1. The van der Waals surface area contributed by atoms with Gasteiger partial charge in [0.1, 0.15) is 0 Å². The topological polar surface area (TPSA) is 32.9 Å². The summed E-state index contributed by atoms with van der Waals surface area (Å²) in [5, 5.41) is 0. The van der Waals surface area contributed by atoms with Crippen molar-refractivity contribution in [2.45, 2.75) is 6.42 Å². The Morgan fingerprint density at radius 1 is 1.31 bits per heavy atom. The first-order chi connectivity index (χ1) is 6.34. The van der Waals surface area contributed by atoms with E-state index in [4.69, 9.17) is 0 Å². The number of benzene rings is 1. The van der Waals surface area contributed by atoms with Gasteiger partial charge < -0.3 is 4.98 Å². The molecule has 0 bridgehead atoms. The molecule has 1 aromatic heterocycles. The van der Waals surface area contributed by atoms with Crippen LogP contribution < -0.4 is 4.87 Å². The zero-order valence-electron chi connectivity index (χ0n) is 6.83. The first-order valence-corrected chi connectivity index (χ1v) is 4.96. The van der Waals surface area contributed by atoms with Gasteiger partial charge in [0.25, 0.3) is 0 Å². The van der Waals surface area contributed by atoms with E-state index in [2.05, 4.69) is 17.1 Å². The number of hydrogen-bond acceptors (Lipinski definition) is 2. The summed E-state index contributed by atoms with van der Waals surface area (Å²) >= 11 is 1.32. The van der Waals surface area contributed by atoms with Gasteiger partial charge in [-0.05, 0) is 5.56 Å². The van der Waals surface area contributed by atoms with Crippen LogP contribution >= 0.6 is 11.3 Å². The fourth-order valence-corrected chi connectivity index (χ4v) is 2.66. The van der Waals surface area contributed by atoms with Crippen LogP contribution in [-0.4, -0.2) is 4.98 Å². The lowest BCUT2D eigenvalue weighted by Gasteiger charge is -1.95. The summed E-state index contributed by atoms with van der Waals surface area (Å²) in [4.78, 5) is 15.2. The van der Waals surface area contributed by atoms with Crippen molar-refractivity contribution >= 4 is 11.3 Å². The molecular formula is C10H7NOS. The van der Waals surface area contributed by atoms with Gasteiger partial charge in [-0.2, -0.15) is 0 Å². The second kappa shape index (κ2) is 2.33. The number of H-pyrrole nitrogens is 1. The Balaban J connectivity index is 2.36. The second-order valence-electron chi connectivity index (χ2n) is 3.15. The number of fused-ring (bicyclic) bond motifs is 3. The van der Waals surface area contributed by atoms with Crippen LogP contribution in [0.25, 0.3) is 11.3 Å². The molecular weight excluding hydrogens is 182 g/mol. The van der Waals surface area contributed by atoms with Gasteiger partial charge in [-0.15, -0.1) is 0 Å². The molecule has 3 heteroatoms. The predicted molar refractivity (Wildman–Crippen MR) is 53.2 cm³/mol. The molecule has 1 N–H and O–H groups in total. The molecule has 0 spiro atoms. The van der Waals surface area contributed by atoms with Crippen LogP contribution in [-0.2, 0) is 6.42 Å². The third-order valence-corrected chi connectivity index (χ3v) is 3.24. The van der Waals surface area contributed by atoms with Crippen molar-refractivity contribution in [2.24, 2.45) is 0 Å². The van der Waals surface area contributed by atoms with E-state index in [1.807, 2.05) is 12.1 Å². The maximum atomic E-state index is 11.1. The van der Waals surface area contributed by atoms with Gasteiger partial charge in [-0.3, -0.25) is 4.79 Å². The Morgan fingerprint density at radius 2 is 2.15 bits per heavy atom. The van der Waals surface area contributed by atoms with Crippen LogP contribution in [0.5, 0.6) is 0 Å². The van der Waals surface area contributed by atoms with Crippen LogP contribution in [0.1, 0.15) is 10.4 Å². The molecule has 13 heavy (non-hydrogen) atoms. The van der Waals surface area contributed by atoms with E-state index in [0.717, 1.165) is 12.1 Å². The van der Waals surface area contributed by atoms with Crippen molar-refractivity contribution in [3.63, 3.8) is 0 Å². The summed E-state index contributed by atoms with van der Waals surface area (Å²) in [5.74, 6) is 0. The van der Waals surface area contributed by atoms with E-state index >= 15 is 0 Å². The van der Waals surface area contributed by atoms with Crippen molar-refractivity contribution in [3.05, 3.63) is 44.4 Å². The Kier molecular flexibility index (Phi) is 1.27. The zero-order chi connectivity index (χ0) is 8.84. The average Bonchev–Trinajstić information content (AvgIpc) is 2.60. The van der Waals surface area contributed by atoms with Gasteiger partial charge in [0, 0.05) is 16.9 Å². The number of aromatic amines is 1. The van der Waals surface area contributed by atoms with Gasteiger partial charge in [0.2, 0.25) is 0 Å². The fraction of sp³-hybridized carbons (Fsp3) is 0.100. The first-order valence-electron chi connectivity index (χ1n) is 4.15. The van der Waals surface area contributed by atoms with Crippen molar-refractivity contribution in [3.8, 4) is 11.3 Å². The van der Waals surface area contributed by atoms with Gasteiger partial charge in [-0.1, -0.05) is 35.6 Å². The summed E-state index contributed by atoms with van der Waals surface area (Å²) < 4.78 is 0. The van der Waals surface area contributed by atoms with Crippen LogP contribution in [0.3, 0.4) is 0 Å². The highest BCUT2D eigenvalue weighted by Crippen LogP contribution is 2.35. The third-order valence-electron chi connectivity index (χ3n) is 2.36. The molecule has 1 aromatic carbocycles. The van der Waals surface area contributed by atoms with Crippen molar-refractivity contribution < 1.29 is 0 Å². The number of thiazole rings is 1. The van der Waals surface area contributed by atoms with Gasteiger partial charge in [0.05, 0.1) is 5.69 Å². The molecule has 0 saturated heterocycles. The van der Waals surface area contributed by atoms with E-state index in [9.17, 15) is 4.79 Å². The molecule has 1 aliphatic carbocycles. The fourth-order valence-electron chi connectivity index (χ4n) is 1.79. The normalized spacial score (nSPS) is 12.6. The maximum Gasteiger partial charge on any atom is 0.305 e. The lowest BCUT2D eigenvalue weighted by molar-refractivity contribution is 1.30. The molecule has 0 aliphatic heterocycles. The minimum atomic E-state index is 0.0551. The molecule has 0 saturated carbocycles. The number of nitrogens with one attached hydrogen (secondary N) is 1. The Morgan fingerprint density at radius 3 is 3.08 bits per heavy atom. The SMILES string of the molecule is O=c1[nH]c2c(s1)Cc1ccccc1-2. The Hall–Kier alpha value is -1.35. The van der Waals surface area contributed by atoms with Gasteiger partial charge in [0.15, 0.2) is 0 Å². The highest BCUT2D eigenvalue weighted by Gasteiger charge is 2.20. The van der Waals surface area contributed by atoms with E-state index in [0.29, 0.717) is 0 Å². The summed E-state index contributed by atoms with van der Waals surface area (Å²) in [7, 11) is 0. The zero-order valence-corrected chi connectivity index (χ0v) is 7.65. The smallest absolute Gasteiger partial charge is 0.305 e. The molecule has 2 aromatic rings. The van der Waals surface area contributed by atoms with Crippen molar-refractivity contribution in [1.29, 1.82) is 0 Å². The molecule has 0 unspecified atom stereocenters. The van der Waals surface area contributed by atoms with Gasteiger partial charge in [-0.25, -0.2) is 0 Å². The number of aromatic nitrogens is 1. The molecule has 0 amide bonds. The Bertz CT molecular complexity index is 524. The molecule has 3 rings (SSSR count). The monoisotopic (exact) mass is 189 g/mol. The van der Waals surface area contributed by atoms with Crippen molar-refractivity contribution in [2.75, 3.05) is 0 Å². The lowest BCUT2D eigenvalue weighted by atomic mass is 10.1. The van der Waals surface area contributed by atoms with E-state index in [1.165, 1.54) is 27.3 Å². The molecule has 1 heterocycles. The average molecular weight is 189 g/mol. The Labute approximate surface area is 78.9 Å². The van der Waals surface area contributed by atoms with E-state index in [-0.39, 0.29) is 4.87 Å². The second-order valence-corrected chi connectivity index (χ2v) is 4.21. The number of rotatable bonds is 0. The van der Waals surface area contributed by atoms with Crippen LogP contribution in [0.15, 0.2) is 29.1 Å². The summed E-state index contributed by atoms with van der Waals surface area (Å²) in [6, 6.07) is 8.21. The molecule has 2 nitrogen and oxygen atoms in total. The van der Waals surface area contributed by atoms with E-state index in [1.54, 1.807) is 0 Å². The predicted octanol–water partition coefficient (Wildman–Crippen LogP) is 2.01. The van der Waals surface area contributed by atoms with Crippen LogP contribution in [0.4, 0.5) is 0 Å². The third kappa shape index (κ3) is 0.906. The van der Waals surface area contributed by atoms with Crippen molar-refractivity contribution in [1.82, 2.24) is 4.98 Å². The molecule has 64 valence electrons. The molecule has 0 radical (unpaired) electrons. The standard InChI is InChI=1S/C10H7NOS/c12-10-11-9-7-4-2-1-3-6(7)5-8(9)13-10/h1-4H,5H2,(H,11,12). The molecule has 0 atom stereocenters. The first kappa shape index (κ1) is 7.09. The van der Waals surface area contributed by atoms with Crippen LogP contribution in [0, 0.1) is 0 Å². The summed E-state index contributed by atoms with van der Waals surface area (Å²) in [6.45, 7) is 0. The lowest BCUT2D eigenvalue weighted by Crippen LogP contribution is -1.92. The minimum absolute atomic E-state index is 0.0551. The number of hydrogen-bond donors (Lipinski definition) is 1. The summed E-state index contributed by atoms with van der Waals surface area (Å²) in [6.07, 6.45) is 0.912. The molecule has 1 aliphatic rings. The summed E-state index contributed by atoms with van der Waals surface area (Å²) in [5.41, 5.74) is 3.54.